The maximum Gasteiger partial charge on any atom is 0.252 e. The Morgan fingerprint density at radius 1 is 0.808 bits per heavy atom. The highest BCUT2D eigenvalue weighted by molar-refractivity contribution is 6.67. The van der Waals surface area contributed by atoms with Crippen molar-refractivity contribution in [3.05, 3.63) is 107 Å². The third-order valence-electron chi connectivity index (χ3n) is 4.56. The van der Waals surface area contributed by atoms with E-state index in [0.717, 1.165) is 17.0 Å². The number of hydrogen-bond donors (Lipinski definition) is 1. The summed E-state index contributed by atoms with van der Waals surface area (Å²) >= 11 is 5.54. The third kappa shape index (κ3) is 3.26. The molecule has 3 aromatic carbocycles. The van der Waals surface area contributed by atoms with Crippen molar-refractivity contribution in [2.75, 3.05) is 0 Å². The standard InChI is InChI=1S/C22H17ClN2O/c23-21(26)17-11-13-18(14-12-17)22-24-19(15-7-3-1-4-8-15)20(25-22)16-9-5-2-6-10-16/h1-14,19-20H,(H,24,25). The number of halogens is 1. The number of hydrogen-bond acceptors (Lipinski definition) is 3. The Hall–Kier alpha value is -2.91. The van der Waals surface area contributed by atoms with Gasteiger partial charge in [-0.2, -0.15) is 0 Å². The van der Waals surface area contributed by atoms with Crippen molar-refractivity contribution in [1.29, 1.82) is 0 Å². The van der Waals surface area contributed by atoms with Gasteiger partial charge in [-0.1, -0.05) is 72.8 Å². The summed E-state index contributed by atoms with van der Waals surface area (Å²) in [7, 11) is 0. The van der Waals surface area contributed by atoms with E-state index in [0.29, 0.717) is 5.56 Å². The molecule has 128 valence electrons. The molecule has 3 nitrogen and oxygen atoms in total. The van der Waals surface area contributed by atoms with Gasteiger partial charge in [0, 0.05) is 11.1 Å². The van der Waals surface area contributed by atoms with Crippen molar-refractivity contribution in [3.8, 4) is 0 Å². The second-order valence-corrected chi connectivity index (χ2v) is 6.56. The topological polar surface area (TPSA) is 41.5 Å². The van der Waals surface area contributed by atoms with Crippen LogP contribution in [0.2, 0.25) is 0 Å². The maximum atomic E-state index is 11.3. The number of amidine groups is 1. The smallest absolute Gasteiger partial charge is 0.252 e. The summed E-state index contributed by atoms with van der Waals surface area (Å²) < 4.78 is 0. The van der Waals surface area contributed by atoms with E-state index in [1.165, 1.54) is 5.56 Å². The average Bonchev–Trinajstić information content (AvgIpc) is 3.15. The average molecular weight is 361 g/mol. The summed E-state index contributed by atoms with van der Waals surface area (Å²) in [5.74, 6) is 0.821. The minimum atomic E-state index is -0.456. The Morgan fingerprint density at radius 2 is 1.38 bits per heavy atom. The fraction of sp³-hybridized carbons (Fsp3) is 0.0909. The van der Waals surface area contributed by atoms with Crippen molar-refractivity contribution in [2.45, 2.75) is 12.1 Å². The molecule has 0 saturated heterocycles. The quantitative estimate of drug-likeness (QED) is 0.672. The Labute approximate surface area is 157 Å². The summed E-state index contributed by atoms with van der Waals surface area (Å²) in [4.78, 5) is 16.2. The second kappa shape index (κ2) is 7.14. The molecule has 0 saturated carbocycles. The minimum Gasteiger partial charge on any atom is -0.361 e. The van der Waals surface area contributed by atoms with E-state index >= 15 is 0 Å². The van der Waals surface area contributed by atoms with Crippen LogP contribution in [-0.2, 0) is 0 Å². The Balaban J connectivity index is 1.71. The predicted octanol–water partition coefficient (Wildman–Crippen LogP) is 4.90. The first kappa shape index (κ1) is 16.6. The normalized spacial score (nSPS) is 18.9. The molecule has 0 aromatic heterocycles. The molecular weight excluding hydrogens is 344 g/mol. The zero-order chi connectivity index (χ0) is 17.9. The maximum absolute atomic E-state index is 11.3. The van der Waals surface area contributed by atoms with Crippen molar-refractivity contribution >= 4 is 22.7 Å². The van der Waals surface area contributed by atoms with Gasteiger partial charge < -0.3 is 5.32 Å². The fourth-order valence-corrected chi connectivity index (χ4v) is 3.36. The summed E-state index contributed by atoms with van der Waals surface area (Å²) in [6.07, 6.45) is 0. The van der Waals surface area contributed by atoms with Crippen LogP contribution in [0.25, 0.3) is 0 Å². The lowest BCUT2D eigenvalue weighted by Gasteiger charge is -2.19. The van der Waals surface area contributed by atoms with E-state index < -0.39 is 5.24 Å². The fourth-order valence-electron chi connectivity index (χ4n) is 3.24. The highest BCUT2D eigenvalue weighted by Gasteiger charge is 2.31. The van der Waals surface area contributed by atoms with Gasteiger partial charge in [0.05, 0.1) is 6.04 Å². The van der Waals surface area contributed by atoms with Gasteiger partial charge in [-0.25, -0.2) is 0 Å². The molecule has 0 spiro atoms. The lowest BCUT2D eigenvalue weighted by molar-refractivity contribution is 0.108. The van der Waals surface area contributed by atoms with Gasteiger partial charge in [-0.15, -0.1) is 0 Å². The van der Waals surface area contributed by atoms with Crippen LogP contribution < -0.4 is 5.32 Å². The van der Waals surface area contributed by atoms with Gasteiger partial charge in [0.25, 0.3) is 5.24 Å². The number of aliphatic imine (C=N–C) groups is 1. The molecule has 0 radical (unpaired) electrons. The van der Waals surface area contributed by atoms with Gasteiger partial charge in [0.2, 0.25) is 0 Å². The monoisotopic (exact) mass is 360 g/mol. The summed E-state index contributed by atoms with van der Waals surface area (Å²) in [6, 6.07) is 27.8. The van der Waals surface area contributed by atoms with Crippen molar-refractivity contribution in [3.63, 3.8) is 0 Å². The zero-order valence-electron chi connectivity index (χ0n) is 14.0. The molecule has 0 aliphatic carbocycles. The van der Waals surface area contributed by atoms with Crippen LogP contribution in [0.4, 0.5) is 0 Å². The van der Waals surface area contributed by atoms with Gasteiger partial charge >= 0.3 is 0 Å². The van der Waals surface area contributed by atoms with Crippen molar-refractivity contribution in [2.24, 2.45) is 4.99 Å². The van der Waals surface area contributed by atoms with Crippen LogP contribution in [-0.4, -0.2) is 11.1 Å². The largest absolute Gasteiger partial charge is 0.361 e. The number of carbonyl (C=O) groups excluding carboxylic acids is 1. The molecule has 2 unspecified atom stereocenters. The van der Waals surface area contributed by atoms with E-state index in [9.17, 15) is 4.79 Å². The number of nitrogens with one attached hydrogen (secondary N) is 1. The molecule has 0 bridgehead atoms. The molecule has 2 atom stereocenters. The highest BCUT2D eigenvalue weighted by atomic mass is 35.5. The molecule has 3 aromatic rings. The molecule has 1 aliphatic heterocycles. The van der Waals surface area contributed by atoms with Crippen LogP contribution >= 0.6 is 11.6 Å². The van der Waals surface area contributed by atoms with E-state index in [4.69, 9.17) is 16.6 Å². The van der Waals surface area contributed by atoms with E-state index in [2.05, 4.69) is 29.6 Å². The van der Waals surface area contributed by atoms with Gasteiger partial charge in [-0.3, -0.25) is 9.79 Å². The molecule has 0 amide bonds. The molecule has 1 aliphatic rings. The van der Waals surface area contributed by atoms with Crippen molar-refractivity contribution < 1.29 is 4.79 Å². The van der Waals surface area contributed by atoms with Gasteiger partial charge in [0.1, 0.15) is 11.9 Å². The molecule has 26 heavy (non-hydrogen) atoms. The Bertz CT molecular complexity index is 937. The van der Waals surface area contributed by atoms with E-state index in [1.54, 1.807) is 12.1 Å². The first-order valence-corrected chi connectivity index (χ1v) is 8.84. The van der Waals surface area contributed by atoms with Crippen LogP contribution in [0.3, 0.4) is 0 Å². The van der Waals surface area contributed by atoms with Crippen molar-refractivity contribution in [1.82, 2.24) is 5.32 Å². The first-order valence-electron chi connectivity index (χ1n) is 8.47. The summed E-state index contributed by atoms with van der Waals surface area (Å²) in [6.45, 7) is 0. The van der Waals surface area contributed by atoms with Gasteiger partial charge in [0.15, 0.2) is 0 Å². The van der Waals surface area contributed by atoms with E-state index in [1.807, 2.05) is 48.5 Å². The summed E-state index contributed by atoms with van der Waals surface area (Å²) in [5, 5.41) is 3.10. The van der Waals surface area contributed by atoms with Crippen LogP contribution in [0.1, 0.15) is 39.1 Å². The van der Waals surface area contributed by atoms with Crippen LogP contribution in [0.15, 0.2) is 89.9 Å². The second-order valence-electron chi connectivity index (χ2n) is 6.22. The van der Waals surface area contributed by atoms with Crippen LogP contribution in [0.5, 0.6) is 0 Å². The molecule has 4 heteroatoms. The predicted molar refractivity (Wildman–Crippen MR) is 105 cm³/mol. The number of carbonyl (C=O) groups is 1. The lowest BCUT2D eigenvalue weighted by Crippen LogP contribution is -2.25. The molecule has 0 fully saturated rings. The first-order chi connectivity index (χ1) is 12.7. The van der Waals surface area contributed by atoms with E-state index in [-0.39, 0.29) is 12.1 Å². The molecular formula is C22H17ClN2O. The number of rotatable bonds is 4. The zero-order valence-corrected chi connectivity index (χ0v) is 14.7. The molecule has 4 rings (SSSR count). The lowest BCUT2D eigenvalue weighted by atomic mass is 9.95. The SMILES string of the molecule is O=C(Cl)c1ccc(C2=NC(c3ccccc3)C(c3ccccc3)N2)cc1. The number of benzene rings is 3. The Kier molecular flexibility index (Phi) is 4.55. The molecule has 1 N–H and O–H groups in total. The minimum absolute atomic E-state index is 0.0112. The molecule has 1 heterocycles. The highest BCUT2D eigenvalue weighted by Crippen LogP contribution is 2.36. The Morgan fingerprint density at radius 3 is 1.96 bits per heavy atom. The van der Waals surface area contributed by atoms with Crippen LogP contribution in [0, 0.1) is 0 Å². The third-order valence-corrected chi connectivity index (χ3v) is 4.78. The summed E-state index contributed by atoms with van der Waals surface area (Å²) in [5.41, 5.74) is 3.77. The number of nitrogens with zero attached hydrogens (tertiary/aromatic N) is 1. The van der Waals surface area contributed by atoms with Gasteiger partial charge in [-0.05, 0) is 34.9 Å².